The lowest BCUT2D eigenvalue weighted by atomic mass is 10.3. The lowest BCUT2D eigenvalue weighted by molar-refractivity contribution is 0.0991. The van der Waals surface area contributed by atoms with Crippen LogP contribution in [0, 0.1) is 6.92 Å². The van der Waals surface area contributed by atoms with E-state index in [1.807, 2.05) is 31.4 Å². The third-order valence-corrected chi connectivity index (χ3v) is 5.00. The average molecular weight is 325 g/mol. The summed E-state index contributed by atoms with van der Waals surface area (Å²) in [6.07, 6.45) is 3.39. The Kier molecular flexibility index (Phi) is 4.14. The van der Waals surface area contributed by atoms with Gasteiger partial charge in [-0.2, -0.15) is 0 Å². The fraction of sp³-hybridized carbons (Fsp3) is 0.231. The molecule has 2 aromatic rings. The maximum atomic E-state index is 12.5. The zero-order valence-corrected chi connectivity index (χ0v) is 12.6. The largest absolute Gasteiger partial charge is 0.308 e. The Morgan fingerprint density at radius 1 is 1.44 bits per heavy atom. The van der Waals surface area contributed by atoms with Gasteiger partial charge in [-0.15, -0.1) is 11.3 Å². The molecule has 0 fully saturated rings. The van der Waals surface area contributed by atoms with Gasteiger partial charge in [-0.05, 0) is 52.9 Å². The normalized spacial score (nSPS) is 10.4. The molecule has 0 aromatic carbocycles. The number of aromatic nitrogens is 1. The Bertz CT molecular complexity index is 553. The molecule has 0 aliphatic carbocycles. The first-order chi connectivity index (χ1) is 8.65. The summed E-state index contributed by atoms with van der Waals surface area (Å²) in [5, 5.41) is 1.98. The first kappa shape index (κ1) is 13.2. The summed E-state index contributed by atoms with van der Waals surface area (Å²) < 4.78 is 0.894. The van der Waals surface area contributed by atoms with Crippen LogP contribution >= 0.6 is 27.3 Å². The number of carbonyl (C=O) groups is 1. The number of hydrogen-bond donors (Lipinski definition) is 0. The maximum absolute atomic E-state index is 12.5. The third kappa shape index (κ3) is 2.47. The van der Waals surface area contributed by atoms with E-state index < -0.39 is 0 Å². The van der Waals surface area contributed by atoms with Gasteiger partial charge in [0.1, 0.15) is 4.88 Å². The van der Waals surface area contributed by atoms with E-state index in [1.54, 1.807) is 17.3 Å². The van der Waals surface area contributed by atoms with Crippen LogP contribution in [-0.2, 0) is 0 Å². The topological polar surface area (TPSA) is 33.2 Å². The smallest absolute Gasteiger partial charge is 0.269 e. The van der Waals surface area contributed by atoms with Gasteiger partial charge in [-0.3, -0.25) is 9.78 Å². The van der Waals surface area contributed by atoms with E-state index in [2.05, 4.69) is 20.9 Å². The molecule has 0 aliphatic rings. The fourth-order valence-electron chi connectivity index (χ4n) is 1.66. The molecule has 0 spiro atoms. The van der Waals surface area contributed by atoms with Crippen LogP contribution < -0.4 is 4.90 Å². The van der Waals surface area contributed by atoms with E-state index in [9.17, 15) is 4.79 Å². The number of amides is 1. The van der Waals surface area contributed by atoms with Crippen molar-refractivity contribution in [3.63, 3.8) is 0 Å². The molecule has 1 amide bonds. The van der Waals surface area contributed by atoms with Crippen LogP contribution in [0.3, 0.4) is 0 Å². The van der Waals surface area contributed by atoms with Gasteiger partial charge in [0.15, 0.2) is 0 Å². The van der Waals surface area contributed by atoms with Crippen LogP contribution in [0.2, 0.25) is 0 Å². The Balaban J connectivity index is 2.35. The molecule has 0 unspecified atom stereocenters. The van der Waals surface area contributed by atoms with Crippen LogP contribution in [0.5, 0.6) is 0 Å². The number of thiophene rings is 1. The molecule has 0 saturated heterocycles. The van der Waals surface area contributed by atoms with E-state index in [0.29, 0.717) is 6.54 Å². The molecule has 0 bridgehead atoms. The van der Waals surface area contributed by atoms with Crippen molar-refractivity contribution in [2.75, 3.05) is 11.4 Å². The van der Waals surface area contributed by atoms with Crippen LogP contribution in [0.4, 0.5) is 5.69 Å². The summed E-state index contributed by atoms with van der Waals surface area (Å²) in [7, 11) is 0. The molecule has 2 rings (SSSR count). The van der Waals surface area contributed by atoms with E-state index in [0.717, 1.165) is 20.6 Å². The van der Waals surface area contributed by atoms with Crippen molar-refractivity contribution in [2.24, 2.45) is 0 Å². The Hall–Kier alpha value is -1.20. The predicted molar refractivity (Wildman–Crippen MR) is 78.3 cm³/mol. The van der Waals surface area contributed by atoms with Gasteiger partial charge in [0.2, 0.25) is 0 Å². The van der Waals surface area contributed by atoms with E-state index in [-0.39, 0.29) is 5.91 Å². The second-order valence-corrected chi connectivity index (χ2v) is 5.49. The highest BCUT2D eigenvalue weighted by atomic mass is 79.9. The van der Waals surface area contributed by atoms with Crippen molar-refractivity contribution in [3.8, 4) is 0 Å². The first-order valence-corrected chi connectivity index (χ1v) is 7.28. The molecule has 3 nitrogen and oxygen atoms in total. The minimum absolute atomic E-state index is 0.0219. The molecular weight excluding hydrogens is 312 g/mol. The van der Waals surface area contributed by atoms with E-state index >= 15 is 0 Å². The fourth-order valence-corrected chi connectivity index (χ4v) is 3.27. The second kappa shape index (κ2) is 5.63. The van der Waals surface area contributed by atoms with Gasteiger partial charge < -0.3 is 4.90 Å². The lowest BCUT2D eigenvalue weighted by Gasteiger charge is -2.20. The molecule has 94 valence electrons. The zero-order chi connectivity index (χ0) is 13.1. The van der Waals surface area contributed by atoms with E-state index in [1.165, 1.54) is 11.3 Å². The molecule has 5 heteroatoms. The minimum Gasteiger partial charge on any atom is -0.308 e. The van der Waals surface area contributed by atoms with Gasteiger partial charge in [-0.25, -0.2) is 0 Å². The van der Waals surface area contributed by atoms with Crippen LogP contribution in [0.1, 0.15) is 22.2 Å². The van der Waals surface area contributed by atoms with Gasteiger partial charge in [0, 0.05) is 29.1 Å². The molecule has 0 radical (unpaired) electrons. The zero-order valence-electron chi connectivity index (χ0n) is 10.2. The number of rotatable bonds is 3. The van der Waals surface area contributed by atoms with Crippen LogP contribution in [0.25, 0.3) is 0 Å². The van der Waals surface area contributed by atoms with Crippen molar-refractivity contribution in [2.45, 2.75) is 13.8 Å². The lowest BCUT2D eigenvalue weighted by Crippen LogP contribution is -2.30. The highest BCUT2D eigenvalue weighted by molar-refractivity contribution is 9.10. The van der Waals surface area contributed by atoms with Gasteiger partial charge in [0.05, 0.1) is 0 Å². The third-order valence-electron chi connectivity index (χ3n) is 2.63. The van der Waals surface area contributed by atoms with Gasteiger partial charge in [-0.1, -0.05) is 0 Å². The highest BCUT2D eigenvalue weighted by Gasteiger charge is 2.20. The first-order valence-electron chi connectivity index (χ1n) is 5.60. The molecule has 0 atom stereocenters. The van der Waals surface area contributed by atoms with Crippen LogP contribution in [-0.4, -0.2) is 17.4 Å². The van der Waals surface area contributed by atoms with E-state index in [4.69, 9.17) is 0 Å². The summed E-state index contributed by atoms with van der Waals surface area (Å²) >= 11 is 4.94. The summed E-state index contributed by atoms with van der Waals surface area (Å²) in [6, 6.07) is 3.69. The standard InChI is InChI=1S/C13H13BrN2OS/c1-3-16(10-4-6-15-7-5-10)13(17)12-11(14)9(2)8-18-12/h4-8H,3H2,1-2H3. The second-order valence-electron chi connectivity index (χ2n) is 3.82. The number of halogens is 1. The number of aryl methyl sites for hydroxylation is 1. The van der Waals surface area contributed by atoms with Gasteiger partial charge in [0.25, 0.3) is 5.91 Å². The molecule has 0 N–H and O–H groups in total. The maximum Gasteiger partial charge on any atom is 0.269 e. The Labute approximate surface area is 119 Å². The molecular formula is C13H13BrN2OS. The molecule has 2 aromatic heterocycles. The van der Waals surface area contributed by atoms with Gasteiger partial charge >= 0.3 is 0 Å². The monoisotopic (exact) mass is 324 g/mol. The predicted octanol–water partition coefficient (Wildman–Crippen LogP) is 3.88. The number of nitrogens with zero attached hydrogens (tertiary/aromatic N) is 2. The van der Waals surface area contributed by atoms with Crippen molar-refractivity contribution in [1.29, 1.82) is 0 Å². The Morgan fingerprint density at radius 3 is 2.61 bits per heavy atom. The number of anilines is 1. The molecule has 2 heterocycles. The van der Waals surface area contributed by atoms with Crippen molar-refractivity contribution >= 4 is 38.9 Å². The summed E-state index contributed by atoms with van der Waals surface area (Å²) in [5.41, 5.74) is 1.96. The average Bonchev–Trinajstić information content (AvgIpc) is 2.72. The summed E-state index contributed by atoms with van der Waals surface area (Å²) in [4.78, 5) is 19.0. The highest BCUT2D eigenvalue weighted by Crippen LogP contribution is 2.30. The quantitative estimate of drug-likeness (QED) is 0.858. The van der Waals surface area contributed by atoms with Crippen molar-refractivity contribution < 1.29 is 4.79 Å². The summed E-state index contributed by atoms with van der Waals surface area (Å²) in [5.74, 6) is 0.0219. The van der Waals surface area contributed by atoms with Crippen LogP contribution in [0.15, 0.2) is 34.4 Å². The number of hydrogen-bond acceptors (Lipinski definition) is 3. The van der Waals surface area contributed by atoms with Crippen molar-refractivity contribution in [3.05, 3.63) is 44.8 Å². The number of carbonyl (C=O) groups excluding carboxylic acids is 1. The summed E-state index contributed by atoms with van der Waals surface area (Å²) in [6.45, 7) is 4.58. The van der Waals surface area contributed by atoms with Crippen molar-refractivity contribution in [1.82, 2.24) is 4.98 Å². The molecule has 18 heavy (non-hydrogen) atoms. The minimum atomic E-state index is 0.0219. The Morgan fingerprint density at radius 2 is 2.11 bits per heavy atom. The SMILES string of the molecule is CCN(C(=O)c1scc(C)c1Br)c1ccncc1. The molecule has 0 aliphatic heterocycles. The molecule has 0 saturated carbocycles. The number of pyridine rings is 1.